The van der Waals surface area contributed by atoms with Crippen LogP contribution in [0.25, 0.3) is 11.1 Å². The first-order valence-corrected chi connectivity index (χ1v) is 12.3. The standard InChI is InChI=1S/C20H23N3O4S2/c1-29(25,26)21-11-10-15-8-9-18(28-15)20(24)23-12-4-5-14(13-23)19-22-16-6-2-3-7-17(16)27-19/h2-3,6-9,14,21H,4-5,10-13H2,1H3. The summed E-state index contributed by atoms with van der Waals surface area (Å²) >= 11 is 1.42. The van der Waals surface area contributed by atoms with Gasteiger partial charge in [0, 0.05) is 24.5 Å². The maximum absolute atomic E-state index is 13.0. The third-order valence-electron chi connectivity index (χ3n) is 4.98. The first kappa shape index (κ1) is 20.1. The molecule has 0 bridgehead atoms. The number of likely N-dealkylation sites (tertiary alicyclic amines) is 1. The van der Waals surface area contributed by atoms with Crippen LogP contribution in [0.2, 0.25) is 0 Å². The number of carbonyl (C=O) groups excluding carboxylic acids is 1. The number of nitrogens with zero attached hydrogens (tertiary/aromatic N) is 2. The molecule has 7 nitrogen and oxygen atoms in total. The van der Waals surface area contributed by atoms with Crippen LogP contribution in [0.15, 0.2) is 40.8 Å². The zero-order chi connectivity index (χ0) is 20.4. The molecule has 2 aromatic heterocycles. The molecule has 0 saturated carbocycles. The molecule has 9 heteroatoms. The van der Waals surface area contributed by atoms with E-state index in [-0.39, 0.29) is 11.8 Å². The number of hydrogen-bond donors (Lipinski definition) is 1. The van der Waals surface area contributed by atoms with Gasteiger partial charge >= 0.3 is 0 Å². The Labute approximate surface area is 173 Å². The quantitative estimate of drug-likeness (QED) is 0.645. The summed E-state index contributed by atoms with van der Waals surface area (Å²) in [5, 5.41) is 0. The van der Waals surface area contributed by atoms with E-state index in [0.717, 1.165) is 41.6 Å². The fourth-order valence-electron chi connectivity index (χ4n) is 3.57. The first-order valence-electron chi connectivity index (χ1n) is 9.57. The molecule has 0 aliphatic carbocycles. The van der Waals surface area contributed by atoms with Crippen molar-refractivity contribution in [2.75, 3.05) is 25.9 Å². The van der Waals surface area contributed by atoms with Crippen molar-refractivity contribution in [2.24, 2.45) is 0 Å². The van der Waals surface area contributed by atoms with Gasteiger partial charge in [0.2, 0.25) is 10.0 Å². The molecule has 154 valence electrons. The Hall–Kier alpha value is -2.23. The van der Waals surface area contributed by atoms with E-state index in [9.17, 15) is 13.2 Å². The van der Waals surface area contributed by atoms with E-state index in [1.165, 1.54) is 11.3 Å². The fourth-order valence-corrected chi connectivity index (χ4v) is 5.02. The summed E-state index contributed by atoms with van der Waals surface area (Å²) in [4.78, 5) is 21.1. The van der Waals surface area contributed by atoms with Gasteiger partial charge in [0.15, 0.2) is 11.5 Å². The highest BCUT2D eigenvalue weighted by Gasteiger charge is 2.29. The highest BCUT2D eigenvalue weighted by molar-refractivity contribution is 7.88. The van der Waals surface area contributed by atoms with E-state index in [0.29, 0.717) is 30.3 Å². The third-order valence-corrected chi connectivity index (χ3v) is 6.84. The fraction of sp³-hybridized carbons (Fsp3) is 0.400. The molecule has 3 aromatic rings. The molecule has 0 radical (unpaired) electrons. The molecule has 4 rings (SSSR count). The van der Waals surface area contributed by atoms with Gasteiger partial charge in [0.1, 0.15) is 5.52 Å². The Morgan fingerprint density at radius 1 is 1.31 bits per heavy atom. The van der Waals surface area contributed by atoms with Crippen molar-refractivity contribution >= 4 is 38.4 Å². The number of carbonyl (C=O) groups is 1. The van der Waals surface area contributed by atoms with Crippen molar-refractivity contribution in [3.8, 4) is 0 Å². The Kier molecular flexibility index (Phi) is 5.71. The van der Waals surface area contributed by atoms with Crippen molar-refractivity contribution in [3.05, 3.63) is 52.0 Å². The number of fused-ring (bicyclic) bond motifs is 1. The van der Waals surface area contributed by atoms with Crippen LogP contribution in [0, 0.1) is 0 Å². The maximum atomic E-state index is 13.0. The number of oxazole rings is 1. The van der Waals surface area contributed by atoms with Crippen LogP contribution >= 0.6 is 11.3 Å². The Bertz CT molecular complexity index is 1090. The van der Waals surface area contributed by atoms with Crippen LogP contribution in [-0.4, -0.2) is 50.1 Å². The minimum Gasteiger partial charge on any atom is -0.440 e. The van der Waals surface area contributed by atoms with Crippen molar-refractivity contribution < 1.29 is 17.6 Å². The normalized spacial score (nSPS) is 17.7. The number of piperidine rings is 1. The predicted octanol–water partition coefficient (Wildman–Crippen LogP) is 3.00. The van der Waals surface area contributed by atoms with Gasteiger partial charge in [-0.15, -0.1) is 11.3 Å². The molecule has 1 fully saturated rings. The molecule has 1 aromatic carbocycles. The van der Waals surface area contributed by atoms with E-state index in [2.05, 4.69) is 9.71 Å². The minimum absolute atomic E-state index is 0.0122. The molecule has 1 unspecified atom stereocenters. The van der Waals surface area contributed by atoms with Crippen LogP contribution in [0.3, 0.4) is 0 Å². The highest BCUT2D eigenvalue weighted by Crippen LogP contribution is 2.30. The zero-order valence-corrected chi connectivity index (χ0v) is 17.8. The van der Waals surface area contributed by atoms with Gasteiger partial charge in [0.25, 0.3) is 5.91 Å². The number of para-hydroxylation sites is 2. The number of hydrogen-bond acceptors (Lipinski definition) is 6. The summed E-state index contributed by atoms with van der Waals surface area (Å²) in [5.41, 5.74) is 1.62. The summed E-state index contributed by atoms with van der Waals surface area (Å²) < 4.78 is 30.7. The van der Waals surface area contributed by atoms with Crippen LogP contribution in [0.5, 0.6) is 0 Å². The summed E-state index contributed by atoms with van der Waals surface area (Å²) in [5.74, 6) is 0.805. The largest absolute Gasteiger partial charge is 0.440 e. The van der Waals surface area contributed by atoms with Crippen LogP contribution in [-0.2, 0) is 16.4 Å². The monoisotopic (exact) mass is 433 g/mol. The van der Waals surface area contributed by atoms with Gasteiger partial charge in [-0.05, 0) is 43.5 Å². The Morgan fingerprint density at radius 3 is 2.93 bits per heavy atom. The number of benzene rings is 1. The third kappa shape index (κ3) is 4.85. The van der Waals surface area contributed by atoms with Crippen molar-refractivity contribution in [3.63, 3.8) is 0 Å². The lowest BCUT2D eigenvalue weighted by Crippen LogP contribution is -2.38. The van der Waals surface area contributed by atoms with E-state index in [1.807, 2.05) is 41.3 Å². The topological polar surface area (TPSA) is 92.5 Å². The van der Waals surface area contributed by atoms with Crippen LogP contribution in [0.4, 0.5) is 0 Å². The molecule has 29 heavy (non-hydrogen) atoms. The maximum Gasteiger partial charge on any atom is 0.263 e. The smallest absolute Gasteiger partial charge is 0.263 e. The molecule has 1 amide bonds. The van der Waals surface area contributed by atoms with Gasteiger partial charge in [-0.3, -0.25) is 4.79 Å². The second kappa shape index (κ2) is 8.25. The second-order valence-electron chi connectivity index (χ2n) is 7.29. The van der Waals surface area contributed by atoms with Crippen molar-refractivity contribution in [1.29, 1.82) is 0 Å². The molecular weight excluding hydrogens is 410 g/mol. The lowest BCUT2D eigenvalue weighted by molar-refractivity contribution is 0.0704. The lowest BCUT2D eigenvalue weighted by atomic mass is 9.98. The first-order chi connectivity index (χ1) is 13.9. The number of rotatable bonds is 6. The van der Waals surface area contributed by atoms with Gasteiger partial charge in [-0.25, -0.2) is 18.1 Å². The molecular formula is C20H23N3O4S2. The van der Waals surface area contributed by atoms with Crippen LogP contribution in [0.1, 0.15) is 39.2 Å². The number of thiophene rings is 1. The number of nitrogens with one attached hydrogen (secondary N) is 1. The molecule has 1 aliphatic heterocycles. The van der Waals surface area contributed by atoms with E-state index >= 15 is 0 Å². The van der Waals surface area contributed by atoms with Gasteiger partial charge < -0.3 is 9.32 Å². The summed E-state index contributed by atoms with van der Waals surface area (Å²) in [7, 11) is -3.20. The highest BCUT2D eigenvalue weighted by atomic mass is 32.2. The van der Waals surface area contributed by atoms with Gasteiger partial charge in [0.05, 0.1) is 17.1 Å². The van der Waals surface area contributed by atoms with Crippen molar-refractivity contribution in [2.45, 2.75) is 25.2 Å². The van der Waals surface area contributed by atoms with E-state index in [1.54, 1.807) is 0 Å². The number of sulfonamides is 1. The molecule has 1 saturated heterocycles. The zero-order valence-electron chi connectivity index (χ0n) is 16.1. The van der Waals surface area contributed by atoms with Crippen molar-refractivity contribution in [1.82, 2.24) is 14.6 Å². The number of amides is 1. The molecule has 1 N–H and O–H groups in total. The van der Waals surface area contributed by atoms with Gasteiger partial charge in [-0.2, -0.15) is 0 Å². The summed E-state index contributed by atoms with van der Waals surface area (Å²) in [6, 6.07) is 11.4. The molecule has 0 spiro atoms. The predicted molar refractivity (Wildman–Crippen MR) is 113 cm³/mol. The lowest BCUT2D eigenvalue weighted by Gasteiger charge is -2.31. The summed E-state index contributed by atoms with van der Waals surface area (Å²) in [6.07, 6.45) is 3.56. The molecule has 1 aliphatic rings. The average Bonchev–Trinajstić information content (AvgIpc) is 3.33. The van der Waals surface area contributed by atoms with E-state index in [4.69, 9.17) is 4.42 Å². The Morgan fingerprint density at radius 2 is 2.14 bits per heavy atom. The second-order valence-corrected chi connectivity index (χ2v) is 10.3. The molecule has 3 heterocycles. The molecule has 1 atom stereocenters. The minimum atomic E-state index is -3.20. The Balaban J connectivity index is 1.41. The van der Waals surface area contributed by atoms with E-state index < -0.39 is 10.0 Å². The summed E-state index contributed by atoms with van der Waals surface area (Å²) in [6.45, 7) is 1.64. The average molecular weight is 434 g/mol. The number of aromatic nitrogens is 1. The van der Waals surface area contributed by atoms with Gasteiger partial charge in [-0.1, -0.05) is 12.1 Å². The SMILES string of the molecule is CS(=O)(=O)NCCc1ccc(C(=O)N2CCCC(c3nc4ccccc4o3)C2)s1. The van der Waals surface area contributed by atoms with Crippen LogP contribution < -0.4 is 4.72 Å².